The van der Waals surface area contributed by atoms with E-state index in [1.54, 1.807) is 14.7 Å². The van der Waals surface area contributed by atoms with Crippen molar-refractivity contribution in [1.82, 2.24) is 14.8 Å². The Bertz CT molecular complexity index is 1320. The Labute approximate surface area is 213 Å². The minimum atomic E-state index is -0.705. The molecule has 3 aromatic rings. The fourth-order valence-electron chi connectivity index (χ4n) is 4.50. The number of hydrogen-bond acceptors (Lipinski definition) is 6. The van der Waals surface area contributed by atoms with E-state index in [2.05, 4.69) is 4.98 Å². The van der Waals surface area contributed by atoms with Gasteiger partial charge in [0.15, 0.2) is 11.6 Å². The molecule has 0 radical (unpaired) electrons. The van der Waals surface area contributed by atoms with E-state index in [-0.39, 0.29) is 36.4 Å². The number of urea groups is 1. The predicted octanol–water partition coefficient (Wildman–Crippen LogP) is 3.70. The molecule has 3 N–H and O–H groups in total. The average Bonchev–Trinajstić information content (AvgIpc) is 3.13. The van der Waals surface area contributed by atoms with Crippen molar-refractivity contribution in [3.05, 3.63) is 65.7 Å². The zero-order valence-electron chi connectivity index (χ0n) is 20.0. The number of anilines is 2. The summed E-state index contributed by atoms with van der Waals surface area (Å²) in [5, 5.41) is 18.8. The van der Waals surface area contributed by atoms with Crippen LogP contribution in [0.15, 0.2) is 54.6 Å². The smallest absolute Gasteiger partial charge is 0.329 e. The number of para-hydroxylation sites is 2. The van der Waals surface area contributed by atoms with Gasteiger partial charge in [0.1, 0.15) is 0 Å². The average molecular weight is 503 g/mol. The summed E-state index contributed by atoms with van der Waals surface area (Å²) in [6.07, 6.45) is 3.76. The number of H-pyrrole nitrogens is 1. The van der Waals surface area contributed by atoms with E-state index in [1.807, 2.05) is 60.7 Å². The molecule has 0 saturated carbocycles. The molecule has 37 heavy (non-hydrogen) atoms. The van der Waals surface area contributed by atoms with Gasteiger partial charge < -0.3 is 24.7 Å². The van der Waals surface area contributed by atoms with Crippen LogP contribution < -0.4 is 9.64 Å². The van der Waals surface area contributed by atoms with E-state index < -0.39 is 11.8 Å². The maximum Gasteiger partial charge on any atom is 0.329 e. The van der Waals surface area contributed by atoms with Crippen molar-refractivity contribution in [1.29, 1.82) is 0 Å². The van der Waals surface area contributed by atoms with Crippen LogP contribution in [0.1, 0.15) is 24.0 Å². The van der Waals surface area contributed by atoms with Crippen LogP contribution in [0.25, 0.3) is 12.2 Å². The van der Waals surface area contributed by atoms with Crippen LogP contribution in [-0.4, -0.2) is 69.1 Å². The number of ether oxygens (including phenoxy) is 1. The standard InChI is InChI=1S/C27H26N4O6/c32-23-17-22(26(35)28-23)37-25(34)12-11-24(33)29-13-15-30(16-14-29)27(36)31-20-7-3-1-5-18(20)9-10-19-6-2-4-8-21(19)31/h1-10,17,28,32,35H,11-16H2. The highest BCUT2D eigenvalue weighted by atomic mass is 16.5. The second-order valence-electron chi connectivity index (χ2n) is 8.78. The molecule has 190 valence electrons. The molecule has 0 bridgehead atoms. The summed E-state index contributed by atoms with van der Waals surface area (Å²) in [4.78, 5) is 45.8. The fourth-order valence-corrected chi connectivity index (χ4v) is 4.50. The highest BCUT2D eigenvalue weighted by Gasteiger charge is 2.31. The number of nitrogens with one attached hydrogen (secondary N) is 1. The van der Waals surface area contributed by atoms with Gasteiger partial charge in [-0.2, -0.15) is 0 Å². The number of rotatable bonds is 4. The molecular formula is C27H26N4O6. The van der Waals surface area contributed by atoms with Gasteiger partial charge in [0, 0.05) is 38.7 Å². The zero-order chi connectivity index (χ0) is 25.9. The lowest BCUT2D eigenvalue weighted by Crippen LogP contribution is -2.53. The second-order valence-corrected chi connectivity index (χ2v) is 8.78. The van der Waals surface area contributed by atoms with Crippen molar-refractivity contribution in [3.8, 4) is 17.5 Å². The van der Waals surface area contributed by atoms with E-state index in [4.69, 9.17) is 4.74 Å². The number of aromatic nitrogens is 1. The largest absolute Gasteiger partial charge is 0.494 e. The highest BCUT2D eigenvalue weighted by Crippen LogP contribution is 2.37. The summed E-state index contributed by atoms with van der Waals surface area (Å²) in [7, 11) is 0. The van der Waals surface area contributed by atoms with Gasteiger partial charge in [-0.05, 0) is 23.3 Å². The lowest BCUT2D eigenvalue weighted by atomic mass is 10.1. The maximum absolute atomic E-state index is 13.7. The third kappa shape index (κ3) is 4.99. The number of hydrogen-bond donors (Lipinski definition) is 3. The Morgan fingerprint density at radius 3 is 1.95 bits per heavy atom. The Morgan fingerprint density at radius 1 is 0.811 bits per heavy atom. The quantitative estimate of drug-likeness (QED) is 0.467. The van der Waals surface area contributed by atoms with Crippen LogP contribution in [0.4, 0.5) is 16.2 Å². The first-order valence-electron chi connectivity index (χ1n) is 12.0. The van der Waals surface area contributed by atoms with E-state index in [0.717, 1.165) is 28.6 Å². The summed E-state index contributed by atoms with van der Waals surface area (Å²) in [5.41, 5.74) is 3.48. The van der Waals surface area contributed by atoms with Crippen molar-refractivity contribution < 1.29 is 29.3 Å². The maximum atomic E-state index is 13.7. The summed E-state index contributed by atoms with van der Waals surface area (Å²) in [5.74, 6) is -1.94. The van der Waals surface area contributed by atoms with Crippen LogP contribution in [-0.2, 0) is 9.59 Å². The van der Waals surface area contributed by atoms with Gasteiger partial charge in [-0.3, -0.25) is 19.5 Å². The minimum Gasteiger partial charge on any atom is -0.494 e. The van der Waals surface area contributed by atoms with Crippen molar-refractivity contribution in [3.63, 3.8) is 0 Å². The van der Waals surface area contributed by atoms with Gasteiger partial charge in [0.05, 0.1) is 17.8 Å². The lowest BCUT2D eigenvalue weighted by molar-refractivity contribution is -0.139. The van der Waals surface area contributed by atoms with E-state index >= 15 is 0 Å². The highest BCUT2D eigenvalue weighted by molar-refractivity contribution is 6.05. The van der Waals surface area contributed by atoms with Gasteiger partial charge in [0.25, 0.3) is 0 Å². The molecule has 5 rings (SSSR count). The molecule has 1 saturated heterocycles. The molecule has 3 amide bonds. The Balaban J connectivity index is 1.20. The Hall–Kier alpha value is -4.73. The van der Waals surface area contributed by atoms with Crippen molar-refractivity contribution in [2.45, 2.75) is 12.8 Å². The minimum absolute atomic E-state index is 0.0670. The molecule has 1 fully saturated rings. The van der Waals surface area contributed by atoms with Crippen molar-refractivity contribution in [2.24, 2.45) is 0 Å². The zero-order valence-corrected chi connectivity index (χ0v) is 20.0. The number of aromatic amines is 1. The number of piperazine rings is 1. The molecule has 2 aliphatic heterocycles. The normalized spacial score (nSPS) is 14.5. The number of amides is 3. The third-order valence-electron chi connectivity index (χ3n) is 6.41. The molecular weight excluding hydrogens is 476 g/mol. The molecule has 0 unspecified atom stereocenters. The monoisotopic (exact) mass is 502 g/mol. The summed E-state index contributed by atoms with van der Waals surface area (Å²) >= 11 is 0. The van der Waals surface area contributed by atoms with Crippen LogP contribution in [0.5, 0.6) is 17.5 Å². The molecule has 10 heteroatoms. The number of aromatic hydroxyl groups is 2. The van der Waals surface area contributed by atoms with E-state index in [1.165, 1.54) is 0 Å². The molecule has 1 aromatic heterocycles. The van der Waals surface area contributed by atoms with Crippen LogP contribution in [0.2, 0.25) is 0 Å². The first-order chi connectivity index (χ1) is 17.9. The Kier molecular flexibility index (Phi) is 6.55. The lowest BCUT2D eigenvalue weighted by Gasteiger charge is -2.38. The predicted molar refractivity (Wildman–Crippen MR) is 136 cm³/mol. The summed E-state index contributed by atoms with van der Waals surface area (Å²) < 4.78 is 4.97. The second kappa shape index (κ2) is 10.1. The van der Waals surface area contributed by atoms with Crippen LogP contribution >= 0.6 is 0 Å². The van der Waals surface area contributed by atoms with Crippen molar-refractivity contribution in [2.75, 3.05) is 31.1 Å². The van der Waals surface area contributed by atoms with Crippen molar-refractivity contribution >= 4 is 41.4 Å². The summed E-state index contributed by atoms with van der Waals surface area (Å²) in [6, 6.07) is 16.4. The molecule has 10 nitrogen and oxygen atoms in total. The topological polar surface area (TPSA) is 126 Å². The van der Waals surface area contributed by atoms with Gasteiger partial charge in [-0.1, -0.05) is 48.6 Å². The number of esters is 1. The van der Waals surface area contributed by atoms with Gasteiger partial charge >= 0.3 is 12.0 Å². The van der Waals surface area contributed by atoms with E-state index in [0.29, 0.717) is 26.2 Å². The molecule has 3 heterocycles. The van der Waals surface area contributed by atoms with Gasteiger partial charge in [-0.25, -0.2) is 4.79 Å². The summed E-state index contributed by atoms with van der Waals surface area (Å²) in [6.45, 7) is 1.42. The number of nitrogens with zero attached hydrogens (tertiary/aromatic N) is 3. The van der Waals surface area contributed by atoms with Crippen LogP contribution in [0.3, 0.4) is 0 Å². The molecule has 2 aromatic carbocycles. The van der Waals surface area contributed by atoms with E-state index in [9.17, 15) is 24.6 Å². The first kappa shape index (κ1) is 24.0. The molecule has 0 aliphatic carbocycles. The number of carbonyl (C=O) groups is 3. The molecule has 0 atom stereocenters. The first-order valence-corrected chi connectivity index (χ1v) is 12.0. The van der Waals surface area contributed by atoms with Gasteiger partial charge in [0.2, 0.25) is 11.8 Å². The van der Waals surface area contributed by atoms with Gasteiger partial charge in [-0.15, -0.1) is 0 Å². The number of carbonyl (C=O) groups excluding carboxylic acids is 3. The molecule has 0 spiro atoms. The fraction of sp³-hybridized carbons (Fsp3) is 0.222. The Morgan fingerprint density at radius 2 is 1.38 bits per heavy atom. The van der Waals surface area contributed by atoms with Crippen LogP contribution in [0, 0.1) is 0 Å². The SMILES string of the molecule is O=C(CCC(=O)N1CCN(C(=O)N2c3ccccc3C=Cc3ccccc32)CC1)Oc1cc(O)[nH]c1O. The number of fused-ring (bicyclic) bond motifs is 2. The molecule has 2 aliphatic rings. The number of benzene rings is 2. The third-order valence-corrected chi connectivity index (χ3v) is 6.41.